The molecule has 1 aromatic carbocycles. The second-order valence-electron chi connectivity index (χ2n) is 4.61. The van der Waals surface area contributed by atoms with Crippen molar-refractivity contribution in [3.63, 3.8) is 0 Å². The van der Waals surface area contributed by atoms with Gasteiger partial charge in [0.25, 0.3) is 5.69 Å². The number of nitrogens with zero attached hydrogens (tertiary/aromatic N) is 2. The fourth-order valence-electron chi connectivity index (χ4n) is 2.16. The molecule has 24 heavy (non-hydrogen) atoms. The molecule has 0 saturated carbocycles. The molecule has 0 amide bonds. The highest BCUT2D eigenvalue weighted by Crippen LogP contribution is 2.30. The Morgan fingerprint density at radius 2 is 1.96 bits per heavy atom. The van der Waals surface area contributed by atoms with E-state index >= 15 is 0 Å². The number of rotatable bonds is 4. The van der Waals surface area contributed by atoms with E-state index in [-0.39, 0.29) is 30.3 Å². The normalized spacial score (nSPS) is 14.4. The molecule has 0 aliphatic carbocycles. The lowest BCUT2D eigenvalue weighted by atomic mass is 10.1. The quantitative estimate of drug-likeness (QED) is 0.456. The van der Waals surface area contributed by atoms with Crippen molar-refractivity contribution in [1.29, 1.82) is 0 Å². The maximum absolute atomic E-state index is 14.3. The van der Waals surface area contributed by atoms with E-state index in [2.05, 4.69) is 9.47 Å². The predicted molar refractivity (Wildman–Crippen MR) is 77.4 cm³/mol. The number of halogens is 1. The van der Waals surface area contributed by atoms with Crippen LogP contribution >= 0.6 is 0 Å². The molecule has 2 rings (SSSR count). The summed E-state index contributed by atoms with van der Waals surface area (Å²) >= 11 is 0. The predicted octanol–water partition coefficient (Wildman–Crippen LogP) is 1.13. The lowest BCUT2D eigenvalue weighted by Crippen LogP contribution is -2.39. The van der Waals surface area contributed by atoms with E-state index in [1.54, 1.807) is 0 Å². The molecule has 1 aliphatic heterocycles. The Bertz CT molecular complexity index is 732. The fraction of sp³-hybridized carbons (Fsp3) is 0.286. The first kappa shape index (κ1) is 17.3. The molecule has 0 bridgehead atoms. The summed E-state index contributed by atoms with van der Waals surface area (Å²) in [4.78, 5) is 34.9. The van der Waals surface area contributed by atoms with Gasteiger partial charge in [-0.05, 0) is 6.07 Å². The minimum atomic E-state index is -0.958. The summed E-state index contributed by atoms with van der Waals surface area (Å²) in [6.45, 7) is -0.470. The molecule has 0 atom stereocenters. The van der Waals surface area contributed by atoms with Crippen LogP contribution in [0.4, 0.5) is 15.8 Å². The third-order valence-electron chi connectivity index (χ3n) is 3.27. The number of hydrogen-bond acceptors (Lipinski definition) is 8. The molecule has 128 valence electrons. The van der Waals surface area contributed by atoms with E-state index in [9.17, 15) is 24.1 Å². The number of non-ortho nitro benzene ring substituents is 1. The van der Waals surface area contributed by atoms with Crippen molar-refractivity contribution in [3.05, 3.63) is 45.4 Å². The summed E-state index contributed by atoms with van der Waals surface area (Å²) in [6, 6.07) is 2.89. The van der Waals surface area contributed by atoms with E-state index < -0.39 is 28.4 Å². The Morgan fingerprint density at radius 3 is 2.50 bits per heavy atom. The smallest absolute Gasteiger partial charge is 0.355 e. The Morgan fingerprint density at radius 1 is 1.29 bits per heavy atom. The van der Waals surface area contributed by atoms with Crippen molar-refractivity contribution in [2.45, 2.75) is 0 Å². The Hall–Kier alpha value is -3.01. The lowest BCUT2D eigenvalue weighted by molar-refractivity contribution is -0.385. The minimum absolute atomic E-state index is 0.145. The summed E-state index contributed by atoms with van der Waals surface area (Å²) < 4.78 is 28.7. The van der Waals surface area contributed by atoms with Crippen molar-refractivity contribution in [2.75, 3.05) is 32.5 Å². The zero-order chi connectivity index (χ0) is 17.9. The average Bonchev–Trinajstić information content (AvgIpc) is 2.59. The van der Waals surface area contributed by atoms with Gasteiger partial charge in [-0.25, -0.2) is 14.0 Å². The summed E-state index contributed by atoms with van der Waals surface area (Å²) in [5, 5.41) is 10.7. The van der Waals surface area contributed by atoms with Gasteiger partial charge in [-0.3, -0.25) is 10.1 Å². The molecule has 1 heterocycles. The number of carbonyl (C=O) groups excluding carboxylic acids is 2. The molecule has 0 fully saturated rings. The highest BCUT2D eigenvalue weighted by Gasteiger charge is 2.33. The van der Waals surface area contributed by atoms with Gasteiger partial charge in [-0.1, -0.05) is 0 Å². The first-order valence-corrected chi connectivity index (χ1v) is 6.59. The molecule has 0 aromatic heterocycles. The molecular weight excluding hydrogens is 327 g/mol. The number of methoxy groups -OCH3 is 2. The largest absolute Gasteiger partial charge is 0.466 e. The van der Waals surface area contributed by atoms with Crippen molar-refractivity contribution >= 4 is 23.3 Å². The van der Waals surface area contributed by atoms with E-state index in [1.807, 2.05) is 0 Å². The number of nitro benzene ring substituents is 1. The number of nitro groups is 1. The van der Waals surface area contributed by atoms with Crippen LogP contribution in [0.25, 0.3) is 0 Å². The molecule has 0 radical (unpaired) electrons. The molecule has 0 unspecified atom stereocenters. The van der Waals surface area contributed by atoms with Crippen LogP contribution in [-0.4, -0.2) is 44.4 Å². The van der Waals surface area contributed by atoms with Crippen LogP contribution in [0.3, 0.4) is 0 Å². The zero-order valence-corrected chi connectivity index (χ0v) is 12.8. The second kappa shape index (κ2) is 7.04. The van der Waals surface area contributed by atoms with Gasteiger partial charge < -0.3 is 19.1 Å². The average molecular weight is 340 g/mol. The molecular formula is C14H13FN2O7. The maximum atomic E-state index is 14.3. The van der Waals surface area contributed by atoms with Gasteiger partial charge in [-0.15, -0.1) is 0 Å². The van der Waals surface area contributed by atoms with Crippen LogP contribution in [0.1, 0.15) is 0 Å². The topological polar surface area (TPSA) is 108 Å². The standard InChI is InChI=1S/C14H13FN2O7/c1-22-13(18)9-6-24-7-16(12(9)14(19)23-2)11-4-3-8(17(20)21)5-10(11)15/h3-5H,6-7H2,1-2H3. The summed E-state index contributed by atoms with van der Waals surface area (Å²) in [6.07, 6.45) is 0. The Balaban J connectivity index is 2.57. The van der Waals surface area contributed by atoms with E-state index in [0.717, 1.165) is 31.3 Å². The molecule has 0 N–H and O–H groups in total. The van der Waals surface area contributed by atoms with Crippen molar-refractivity contribution in [2.24, 2.45) is 0 Å². The molecule has 10 heteroatoms. The van der Waals surface area contributed by atoms with Gasteiger partial charge in [0.1, 0.15) is 12.4 Å². The third kappa shape index (κ3) is 3.18. The highest BCUT2D eigenvalue weighted by molar-refractivity contribution is 6.03. The van der Waals surface area contributed by atoms with Crippen LogP contribution in [0.5, 0.6) is 0 Å². The van der Waals surface area contributed by atoms with Crippen molar-refractivity contribution in [1.82, 2.24) is 0 Å². The summed E-state index contributed by atoms with van der Waals surface area (Å²) in [5.41, 5.74) is -1.02. The van der Waals surface area contributed by atoms with Crippen molar-refractivity contribution in [3.8, 4) is 0 Å². The van der Waals surface area contributed by atoms with Gasteiger partial charge in [0.15, 0.2) is 5.82 Å². The number of carbonyl (C=O) groups is 2. The van der Waals surface area contributed by atoms with E-state index in [4.69, 9.17) is 4.74 Å². The molecule has 0 spiro atoms. The van der Waals surface area contributed by atoms with Crippen LogP contribution < -0.4 is 4.90 Å². The first-order valence-electron chi connectivity index (χ1n) is 6.59. The SMILES string of the molecule is COC(=O)C1=C(C(=O)OC)N(c2ccc([N+](=O)[O-])cc2F)COC1. The number of esters is 2. The van der Waals surface area contributed by atoms with Crippen molar-refractivity contribution < 1.29 is 33.1 Å². The number of anilines is 1. The van der Waals surface area contributed by atoms with Gasteiger partial charge in [-0.2, -0.15) is 0 Å². The summed E-state index contributed by atoms with van der Waals surface area (Å²) in [5.74, 6) is -2.68. The molecule has 9 nitrogen and oxygen atoms in total. The number of hydrogen-bond donors (Lipinski definition) is 0. The van der Waals surface area contributed by atoms with Crippen LogP contribution in [-0.2, 0) is 23.8 Å². The van der Waals surface area contributed by atoms with Gasteiger partial charge >= 0.3 is 11.9 Å². The molecule has 0 saturated heterocycles. The monoisotopic (exact) mass is 340 g/mol. The van der Waals surface area contributed by atoms with Gasteiger partial charge in [0.2, 0.25) is 0 Å². The Kier molecular flexibility index (Phi) is 5.09. The molecule has 1 aromatic rings. The van der Waals surface area contributed by atoms with Crippen LogP contribution in [0.2, 0.25) is 0 Å². The third-order valence-corrected chi connectivity index (χ3v) is 3.27. The lowest BCUT2D eigenvalue weighted by Gasteiger charge is -2.31. The zero-order valence-electron chi connectivity index (χ0n) is 12.8. The van der Waals surface area contributed by atoms with Crippen LogP contribution in [0, 0.1) is 15.9 Å². The number of ether oxygens (including phenoxy) is 3. The Labute approximate surface area is 135 Å². The first-order chi connectivity index (χ1) is 11.4. The fourth-order valence-corrected chi connectivity index (χ4v) is 2.16. The molecule has 1 aliphatic rings. The van der Waals surface area contributed by atoms with Crippen LogP contribution in [0.15, 0.2) is 29.5 Å². The van der Waals surface area contributed by atoms with Gasteiger partial charge in [0, 0.05) is 6.07 Å². The minimum Gasteiger partial charge on any atom is -0.466 e. The maximum Gasteiger partial charge on any atom is 0.355 e. The van der Waals surface area contributed by atoms with Gasteiger partial charge in [0.05, 0.1) is 43.1 Å². The highest BCUT2D eigenvalue weighted by atomic mass is 19.1. The van der Waals surface area contributed by atoms with E-state index in [0.29, 0.717) is 6.07 Å². The van der Waals surface area contributed by atoms with E-state index in [1.165, 1.54) is 0 Å². The second-order valence-corrected chi connectivity index (χ2v) is 4.61. The number of benzene rings is 1. The summed E-state index contributed by atoms with van der Waals surface area (Å²) in [7, 11) is 2.22.